The molecule has 0 saturated heterocycles. The Kier molecular flexibility index (Phi) is 5.62. The van der Waals surface area contributed by atoms with Crippen molar-refractivity contribution in [3.05, 3.63) is 21.6 Å². The lowest BCUT2D eigenvalue weighted by Gasteiger charge is -2.11. The van der Waals surface area contributed by atoms with Crippen LogP contribution in [0.4, 0.5) is 10.5 Å². The number of nitrogens with one attached hydrogen (secondary N) is 2. The molecule has 7 nitrogen and oxygen atoms in total. The fourth-order valence-corrected chi connectivity index (χ4v) is 1.66. The molecule has 0 atom stereocenters. The van der Waals surface area contributed by atoms with Crippen molar-refractivity contribution >= 4 is 23.3 Å². The quantitative estimate of drug-likeness (QED) is 0.668. The second-order valence-electron chi connectivity index (χ2n) is 4.47. The molecule has 0 fully saturated rings. The van der Waals surface area contributed by atoms with E-state index in [2.05, 4.69) is 15.7 Å². The van der Waals surface area contributed by atoms with Gasteiger partial charge in [-0.2, -0.15) is 5.10 Å². The van der Waals surface area contributed by atoms with Crippen LogP contribution in [-0.4, -0.2) is 28.9 Å². The molecule has 0 bridgehead atoms. The molecule has 4 N–H and O–H groups in total. The Hall–Kier alpha value is -1.76. The van der Waals surface area contributed by atoms with Gasteiger partial charge in [0.15, 0.2) is 0 Å². The smallest absolute Gasteiger partial charge is 0.312 e. The van der Waals surface area contributed by atoms with Crippen LogP contribution in [0.1, 0.15) is 13.8 Å². The highest BCUT2D eigenvalue weighted by molar-refractivity contribution is 6.32. The SMILES string of the molecule is CC(C)Cn1ncc(NCCNC(N)=O)c(Cl)c1=O. The summed E-state index contributed by atoms with van der Waals surface area (Å²) < 4.78 is 1.33. The van der Waals surface area contributed by atoms with Crippen LogP contribution in [0.3, 0.4) is 0 Å². The van der Waals surface area contributed by atoms with Gasteiger partial charge in [0.05, 0.1) is 11.9 Å². The van der Waals surface area contributed by atoms with Crippen LogP contribution in [-0.2, 0) is 6.54 Å². The lowest BCUT2D eigenvalue weighted by atomic mass is 10.2. The van der Waals surface area contributed by atoms with Gasteiger partial charge in [0.2, 0.25) is 0 Å². The van der Waals surface area contributed by atoms with E-state index in [1.807, 2.05) is 13.8 Å². The Morgan fingerprint density at radius 2 is 2.21 bits per heavy atom. The van der Waals surface area contributed by atoms with E-state index >= 15 is 0 Å². The minimum atomic E-state index is -0.599. The maximum atomic E-state index is 11.9. The van der Waals surface area contributed by atoms with Gasteiger partial charge in [-0.25, -0.2) is 9.48 Å². The van der Waals surface area contributed by atoms with Crippen LogP contribution in [0.2, 0.25) is 5.02 Å². The van der Waals surface area contributed by atoms with Crippen molar-refractivity contribution in [2.45, 2.75) is 20.4 Å². The van der Waals surface area contributed by atoms with E-state index in [0.717, 1.165) is 0 Å². The monoisotopic (exact) mass is 287 g/mol. The number of hydrogen-bond acceptors (Lipinski definition) is 4. The Morgan fingerprint density at radius 3 is 2.79 bits per heavy atom. The van der Waals surface area contributed by atoms with Crippen LogP contribution in [0.25, 0.3) is 0 Å². The van der Waals surface area contributed by atoms with E-state index in [1.165, 1.54) is 10.9 Å². The van der Waals surface area contributed by atoms with Crippen molar-refractivity contribution < 1.29 is 4.79 Å². The molecule has 1 heterocycles. The zero-order valence-electron chi connectivity index (χ0n) is 10.9. The van der Waals surface area contributed by atoms with Gasteiger partial charge in [-0.1, -0.05) is 25.4 Å². The molecular weight excluding hydrogens is 270 g/mol. The van der Waals surface area contributed by atoms with Gasteiger partial charge in [0.1, 0.15) is 5.02 Å². The first-order valence-electron chi connectivity index (χ1n) is 5.94. The van der Waals surface area contributed by atoms with Gasteiger partial charge >= 0.3 is 6.03 Å². The number of anilines is 1. The summed E-state index contributed by atoms with van der Waals surface area (Å²) in [6.07, 6.45) is 1.50. The maximum Gasteiger partial charge on any atom is 0.312 e. The molecule has 0 saturated carbocycles. The standard InChI is InChI=1S/C11H18ClN5O2/c1-7(2)6-17-10(18)9(12)8(5-16-17)14-3-4-15-11(13)19/h5,7,14H,3-4,6H2,1-2H3,(H3,13,15,19). The van der Waals surface area contributed by atoms with Crippen molar-refractivity contribution in [2.75, 3.05) is 18.4 Å². The number of urea groups is 1. The summed E-state index contributed by atoms with van der Waals surface area (Å²) in [6.45, 7) is 5.23. The summed E-state index contributed by atoms with van der Waals surface area (Å²) in [5, 5.41) is 9.46. The molecule has 106 valence electrons. The Morgan fingerprint density at radius 1 is 1.53 bits per heavy atom. The summed E-state index contributed by atoms with van der Waals surface area (Å²) in [4.78, 5) is 22.4. The van der Waals surface area contributed by atoms with Crippen LogP contribution >= 0.6 is 11.6 Å². The van der Waals surface area contributed by atoms with E-state index in [9.17, 15) is 9.59 Å². The molecule has 0 aromatic carbocycles. The van der Waals surface area contributed by atoms with Crippen LogP contribution < -0.4 is 21.9 Å². The van der Waals surface area contributed by atoms with Gasteiger partial charge in [-0.05, 0) is 5.92 Å². The number of hydrogen-bond donors (Lipinski definition) is 3. The topological polar surface area (TPSA) is 102 Å². The number of nitrogens with two attached hydrogens (primary N) is 1. The highest BCUT2D eigenvalue weighted by Gasteiger charge is 2.09. The molecule has 0 unspecified atom stereocenters. The molecule has 0 radical (unpaired) electrons. The molecule has 1 aromatic rings. The van der Waals surface area contributed by atoms with Crippen molar-refractivity contribution in [3.8, 4) is 0 Å². The lowest BCUT2D eigenvalue weighted by Crippen LogP contribution is -2.33. The van der Waals surface area contributed by atoms with E-state index in [4.69, 9.17) is 17.3 Å². The predicted octanol–water partition coefficient (Wildman–Crippen LogP) is 0.633. The second-order valence-corrected chi connectivity index (χ2v) is 4.85. The third-order valence-electron chi connectivity index (χ3n) is 2.26. The summed E-state index contributed by atoms with van der Waals surface area (Å²) in [5.74, 6) is 0.305. The molecule has 1 rings (SSSR count). The largest absolute Gasteiger partial charge is 0.381 e. The van der Waals surface area contributed by atoms with Gasteiger partial charge in [0, 0.05) is 19.6 Å². The first-order chi connectivity index (χ1) is 8.91. The third-order valence-corrected chi connectivity index (χ3v) is 2.63. The van der Waals surface area contributed by atoms with Crippen molar-refractivity contribution in [1.29, 1.82) is 0 Å². The van der Waals surface area contributed by atoms with E-state index in [1.54, 1.807) is 0 Å². The van der Waals surface area contributed by atoms with E-state index < -0.39 is 6.03 Å². The fraction of sp³-hybridized carbons (Fsp3) is 0.545. The van der Waals surface area contributed by atoms with Crippen LogP contribution in [0, 0.1) is 5.92 Å². The van der Waals surface area contributed by atoms with Gasteiger partial charge in [-0.3, -0.25) is 4.79 Å². The average Bonchev–Trinajstić information content (AvgIpc) is 2.32. The fourth-order valence-electron chi connectivity index (χ4n) is 1.45. The number of nitrogens with zero attached hydrogens (tertiary/aromatic N) is 2. The van der Waals surface area contributed by atoms with Gasteiger partial charge in [-0.15, -0.1) is 0 Å². The van der Waals surface area contributed by atoms with Gasteiger partial charge < -0.3 is 16.4 Å². The first-order valence-corrected chi connectivity index (χ1v) is 6.32. The molecule has 0 aliphatic heterocycles. The van der Waals surface area contributed by atoms with Gasteiger partial charge in [0.25, 0.3) is 5.56 Å². The van der Waals surface area contributed by atoms with Crippen LogP contribution in [0.15, 0.2) is 11.0 Å². The molecule has 19 heavy (non-hydrogen) atoms. The normalized spacial score (nSPS) is 10.5. The van der Waals surface area contributed by atoms with E-state index in [0.29, 0.717) is 31.2 Å². The first kappa shape index (κ1) is 15.3. The number of carbonyl (C=O) groups is 1. The van der Waals surface area contributed by atoms with Crippen LogP contribution in [0.5, 0.6) is 0 Å². The Balaban J connectivity index is 2.68. The predicted molar refractivity (Wildman–Crippen MR) is 74.4 cm³/mol. The molecule has 2 amide bonds. The average molecular weight is 288 g/mol. The van der Waals surface area contributed by atoms with Crippen molar-refractivity contribution in [1.82, 2.24) is 15.1 Å². The third kappa shape index (κ3) is 4.78. The summed E-state index contributed by atoms with van der Waals surface area (Å²) in [6, 6.07) is -0.599. The highest BCUT2D eigenvalue weighted by Crippen LogP contribution is 2.14. The maximum absolute atomic E-state index is 11.9. The van der Waals surface area contributed by atoms with Crippen molar-refractivity contribution in [3.63, 3.8) is 0 Å². The zero-order valence-corrected chi connectivity index (χ0v) is 11.7. The number of halogens is 1. The number of rotatable bonds is 6. The summed E-state index contributed by atoms with van der Waals surface area (Å²) in [5.41, 5.74) is 5.03. The lowest BCUT2D eigenvalue weighted by molar-refractivity contribution is 0.249. The molecule has 1 aromatic heterocycles. The second kappa shape index (κ2) is 6.98. The number of amides is 2. The molecule has 0 aliphatic carbocycles. The molecular formula is C11H18ClN5O2. The Bertz CT molecular complexity index is 500. The molecule has 0 aliphatic rings. The Labute approximate surface area is 116 Å². The highest BCUT2D eigenvalue weighted by atomic mass is 35.5. The molecule has 8 heteroatoms. The number of primary amides is 1. The number of aromatic nitrogens is 2. The zero-order chi connectivity index (χ0) is 14.4. The minimum Gasteiger partial charge on any atom is -0.381 e. The minimum absolute atomic E-state index is 0.0923. The van der Waals surface area contributed by atoms with Crippen molar-refractivity contribution in [2.24, 2.45) is 11.7 Å². The summed E-state index contributed by atoms with van der Waals surface area (Å²) in [7, 11) is 0. The summed E-state index contributed by atoms with van der Waals surface area (Å²) >= 11 is 5.98. The molecule has 0 spiro atoms. The number of carbonyl (C=O) groups excluding carboxylic acids is 1. The van der Waals surface area contributed by atoms with E-state index in [-0.39, 0.29) is 10.6 Å².